The fourth-order valence-corrected chi connectivity index (χ4v) is 2.11. The Hall–Kier alpha value is -0.180. The van der Waals surface area contributed by atoms with Crippen LogP contribution in [0.1, 0.15) is 12.5 Å². The molecule has 1 atom stereocenters. The quantitative estimate of drug-likeness (QED) is 0.836. The summed E-state index contributed by atoms with van der Waals surface area (Å²) in [6, 6.07) is 8.21. The molecule has 0 fully saturated rings. The normalized spacial score (nSPS) is 12.8. The molecule has 0 aliphatic heterocycles. The summed E-state index contributed by atoms with van der Waals surface area (Å²) in [7, 11) is 0. The number of halogens is 1. The van der Waals surface area contributed by atoms with Crippen LogP contribution >= 0.6 is 23.4 Å². The Morgan fingerprint density at radius 3 is 2.92 bits per heavy atom. The molecule has 0 bridgehead atoms. The van der Waals surface area contributed by atoms with Gasteiger partial charge in [-0.3, -0.25) is 0 Å². The van der Waals surface area contributed by atoms with E-state index in [2.05, 4.69) is 6.07 Å². The molecule has 0 radical (unpaired) electrons. The van der Waals surface area contributed by atoms with Gasteiger partial charge < -0.3 is 5.73 Å². The van der Waals surface area contributed by atoms with Crippen molar-refractivity contribution in [3.8, 4) is 0 Å². The number of rotatable bonds is 4. The standard InChI is InChI=1S/C10H14ClNS/c1-8(12)6-13-7-9-3-2-4-10(11)5-9/h2-5,8H,6-7,12H2,1H3. The highest BCUT2D eigenvalue weighted by atomic mass is 35.5. The van der Waals surface area contributed by atoms with Crippen LogP contribution in [-0.2, 0) is 5.75 Å². The van der Waals surface area contributed by atoms with Gasteiger partial charge in [0.05, 0.1) is 0 Å². The Labute approximate surface area is 88.7 Å². The molecule has 2 N–H and O–H groups in total. The lowest BCUT2D eigenvalue weighted by atomic mass is 10.2. The fraction of sp³-hybridized carbons (Fsp3) is 0.400. The van der Waals surface area contributed by atoms with E-state index in [1.54, 1.807) is 0 Å². The van der Waals surface area contributed by atoms with Crippen LogP contribution in [0.5, 0.6) is 0 Å². The first-order chi connectivity index (χ1) is 6.18. The Morgan fingerprint density at radius 1 is 1.54 bits per heavy atom. The van der Waals surface area contributed by atoms with Gasteiger partial charge in [0.2, 0.25) is 0 Å². The van der Waals surface area contributed by atoms with E-state index in [4.69, 9.17) is 17.3 Å². The second-order valence-electron chi connectivity index (χ2n) is 3.12. The van der Waals surface area contributed by atoms with Crippen molar-refractivity contribution in [2.45, 2.75) is 18.7 Å². The molecule has 0 saturated carbocycles. The lowest BCUT2D eigenvalue weighted by Gasteiger charge is -2.04. The van der Waals surface area contributed by atoms with Crippen LogP contribution in [0.25, 0.3) is 0 Å². The SMILES string of the molecule is CC(N)CSCc1cccc(Cl)c1. The summed E-state index contributed by atoms with van der Waals surface area (Å²) < 4.78 is 0. The van der Waals surface area contributed by atoms with Crippen LogP contribution < -0.4 is 5.73 Å². The first-order valence-corrected chi connectivity index (χ1v) is 5.79. The van der Waals surface area contributed by atoms with Crippen LogP contribution in [0.15, 0.2) is 24.3 Å². The molecular weight excluding hydrogens is 202 g/mol. The van der Waals surface area contributed by atoms with Gasteiger partial charge in [0.1, 0.15) is 0 Å². The van der Waals surface area contributed by atoms with Gasteiger partial charge in [-0.05, 0) is 24.6 Å². The first kappa shape index (κ1) is 10.9. The molecule has 1 rings (SSSR count). The maximum absolute atomic E-state index is 5.85. The van der Waals surface area contributed by atoms with Crippen molar-refractivity contribution >= 4 is 23.4 Å². The number of benzene rings is 1. The monoisotopic (exact) mass is 215 g/mol. The third-order valence-corrected chi connectivity index (χ3v) is 3.07. The van der Waals surface area contributed by atoms with Crippen molar-refractivity contribution in [2.75, 3.05) is 5.75 Å². The van der Waals surface area contributed by atoms with Gasteiger partial charge in [-0.25, -0.2) is 0 Å². The average Bonchev–Trinajstić information content (AvgIpc) is 2.03. The molecular formula is C10H14ClNS. The molecule has 3 heteroatoms. The number of nitrogens with two attached hydrogens (primary N) is 1. The molecule has 72 valence electrons. The number of hydrogen-bond donors (Lipinski definition) is 1. The second-order valence-corrected chi connectivity index (χ2v) is 4.59. The average molecular weight is 216 g/mol. The molecule has 0 amide bonds. The summed E-state index contributed by atoms with van der Waals surface area (Å²) >= 11 is 7.69. The molecule has 1 aromatic carbocycles. The lowest BCUT2D eigenvalue weighted by molar-refractivity contribution is 0.847. The van der Waals surface area contributed by atoms with E-state index < -0.39 is 0 Å². The van der Waals surface area contributed by atoms with E-state index in [0.717, 1.165) is 16.5 Å². The van der Waals surface area contributed by atoms with Gasteiger partial charge in [-0.15, -0.1) is 0 Å². The summed E-state index contributed by atoms with van der Waals surface area (Å²) in [5, 5.41) is 0.805. The lowest BCUT2D eigenvalue weighted by Crippen LogP contribution is -2.17. The van der Waals surface area contributed by atoms with Crippen molar-refractivity contribution < 1.29 is 0 Å². The van der Waals surface area contributed by atoms with Crippen molar-refractivity contribution in [1.82, 2.24) is 0 Å². The first-order valence-electron chi connectivity index (χ1n) is 4.26. The molecule has 0 heterocycles. The maximum atomic E-state index is 5.85. The number of thioether (sulfide) groups is 1. The van der Waals surface area contributed by atoms with Crippen molar-refractivity contribution in [2.24, 2.45) is 5.73 Å². The van der Waals surface area contributed by atoms with Gasteiger partial charge in [0, 0.05) is 22.6 Å². The van der Waals surface area contributed by atoms with Crippen LogP contribution in [0, 0.1) is 0 Å². The van der Waals surface area contributed by atoms with E-state index in [9.17, 15) is 0 Å². The minimum absolute atomic E-state index is 0.268. The van der Waals surface area contributed by atoms with E-state index in [1.807, 2.05) is 36.9 Å². The predicted molar refractivity (Wildman–Crippen MR) is 61.3 cm³/mol. The predicted octanol–water partition coefficient (Wildman–Crippen LogP) is 2.92. The highest BCUT2D eigenvalue weighted by Gasteiger charge is 1.97. The zero-order valence-electron chi connectivity index (χ0n) is 7.66. The van der Waals surface area contributed by atoms with E-state index >= 15 is 0 Å². The van der Waals surface area contributed by atoms with Crippen LogP contribution in [0.3, 0.4) is 0 Å². The maximum Gasteiger partial charge on any atom is 0.0409 e. The van der Waals surface area contributed by atoms with Crippen molar-refractivity contribution in [3.63, 3.8) is 0 Å². The van der Waals surface area contributed by atoms with E-state index in [0.29, 0.717) is 0 Å². The smallest absolute Gasteiger partial charge is 0.0409 e. The summed E-state index contributed by atoms with van der Waals surface area (Å²) in [4.78, 5) is 0. The van der Waals surface area contributed by atoms with E-state index in [-0.39, 0.29) is 6.04 Å². The Kier molecular flexibility index (Phi) is 4.64. The highest BCUT2D eigenvalue weighted by molar-refractivity contribution is 7.98. The molecule has 1 unspecified atom stereocenters. The largest absolute Gasteiger partial charge is 0.327 e. The topological polar surface area (TPSA) is 26.0 Å². The zero-order chi connectivity index (χ0) is 9.68. The fourth-order valence-electron chi connectivity index (χ4n) is 0.989. The van der Waals surface area contributed by atoms with Gasteiger partial charge in [0.15, 0.2) is 0 Å². The minimum atomic E-state index is 0.268. The third kappa shape index (κ3) is 4.55. The molecule has 0 aliphatic carbocycles. The summed E-state index contributed by atoms with van der Waals surface area (Å²) in [5.74, 6) is 1.98. The van der Waals surface area contributed by atoms with Crippen LogP contribution in [0.2, 0.25) is 5.02 Å². The molecule has 0 spiro atoms. The molecule has 0 aliphatic rings. The molecule has 0 aromatic heterocycles. The minimum Gasteiger partial charge on any atom is -0.327 e. The third-order valence-electron chi connectivity index (χ3n) is 1.54. The van der Waals surface area contributed by atoms with Crippen molar-refractivity contribution in [1.29, 1.82) is 0 Å². The second kappa shape index (κ2) is 5.53. The Balaban J connectivity index is 2.37. The molecule has 1 aromatic rings. The summed E-state index contributed by atoms with van der Waals surface area (Å²) in [6.45, 7) is 2.02. The van der Waals surface area contributed by atoms with Crippen LogP contribution in [0.4, 0.5) is 0 Å². The van der Waals surface area contributed by atoms with Gasteiger partial charge in [-0.2, -0.15) is 11.8 Å². The van der Waals surface area contributed by atoms with Gasteiger partial charge >= 0.3 is 0 Å². The molecule has 1 nitrogen and oxygen atoms in total. The van der Waals surface area contributed by atoms with Crippen LogP contribution in [-0.4, -0.2) is 11.8 Å². The van der Waals surface area contributed by atoms with E-state index in [1.165, 1.54) is 5.56 Å². The van der Waals surface area contributed by atoms with Crippen molar-refractivity contribution in [3.05, 3.63) is 34.9 Å². The highest BCUT2D eigenvalue weighted by Crippen LogP contribution is 2.16. The zero-order valence-corrected chi connectivity index (χ0v) is 9.24. The Bertz CT molecular complexity index is 263. The summed E-state index contributed by atoms with van der Waals surface area (Å²) in [6.07, 6.45) is 0. The summed E-state index contributed by atoms with van der Waals surface area (Å²) in [5.41, 5.74) is 6.90. The Morgan fingerprint density at radius 2 is 2.31 bits per heavy atom. The number of hydrogen-bond acceptors (Lipinski definition) is 2. The van der Waals surface area contributed by atoms with Gasteiger partial charge in [-0.1, -0.05) is 23.7 Å². The van der Waals surface area contributed by atoms with Gasteiger partial charge in [0.25, 0.3) is 0 Å². The molecule has 0 saturated heterocycles. The molecule has 13 heavy (non-hydrogen) atoms.